The number of carbonyl (C=O) groups excluding carboxylic acids is 2. The van der Waals surface area contributed by atoms with E-state index in [1.54, 1.807) is 19.1 Å². The minimum atomic E-state index is -0.565. The van der Waals surface area contributed by atoms with Crippen molar-refractivity contribution in [3.05, 3.63) is 102 Å². The van der Waals surface area contributed by atoms with Crippen LogP contribution in [0.5, 0.6) is 5.75 Å². The van der Waals surface area contributed by atoms with E-state index in [0.717, 1.165) is 31.2 Å². The molecule has 0 radical (unpaired) electrons. The van der Waals surface area contributed by atoms with Crippen LogP contribution in [0.1, 0.15) is 86.7 Å². The van der Waals surface area contributed by atoms with Crippen molar-refractivity contribution in [2.45, 2.75) is 63.6 Å². The quantitative estimate of drug-likeness (QED) is 0.207. The number of benzene rings is 2. The zero-order valence-electron chi connectivity index (χ0n) is 25.2. The van der Waals surface area contributed by atoms with E-state index < -0.39 is 23.3 Å². The third-order valence-corrected chi connectivity index (χ3v) is 9.03. The molecule has 0 spiro atoms. The number of amides is 2. The van der Waals surface area contributed by atoms with E-state index in [4.69, 9.17) is 16.2 Å². The van der Waals surface area contributed by atoms with E-state index in [-0.39, 0.29) is 47.8 Å². The van der Waals surface area contributed by atoms with Crippen LogP contribution in [0.25, 0.3) is 0 Å². The lowest BCUT2D eigenvalue weighted by Gasteiger charge is -2.27. The molecule has 4 aromatic rings. The fourth-order valence-corrected chi connectivity index (χ4v) is 6.84. The number of carbonyl (C=O) groups is 2. The number of ether oxygens (including phenoxy) is 1. The van der Waals surface area contributed by atoms with Gasteiger partial charge in [-0.25, -0.2) is 23.7 Å². The van der Waals surface area contributed by atoms with Crippen LogP contribution in [0.2, 0.25) is 0 Å². The van der Waals surface area contributed by atoms with Crippen molar-refractivity contribution in [3.63, 3.8) is 0 Å². The number of fused-ring (bicyclic) bond motifs is 2. The largest absolute Gasteiger partial charge is 0.490 e. The summed E-state index contributed by atoms with van der Waals surface area (Å²) in [5.41, 5.74) is 14.1. The summed E-state index contributed by atoms with van der Waals surface area (Å²) < 4.78 is 33.6. The second-order valence-corrected chi connectivity index (χ2v) is 12.4. The zero-order chi connectivity index (χ0) is 33.4. The maximum Gasteiger partial charge on any atom is 0.265 e. The smallest absolute Gasteiger partial charge is 0.265 e. The van der Waals surface area contributed by atoms with Crippen LogP contribution in [-0.2, 0) is 12.8 Å². The molecule has 1 saturated carbocycles. The number of halogens is 3. The number of anilines is 2. The molecule has 244 valence electrons. The molecule has 2 aromatic heterocycles. The number of nitrogens with zero attached hydrogens (tertiary/aromatic N) is 3. The number of hydrogen-bond acceptors (Lipinski definition) is 9. The van der Waals surface area contributed by atoms with Crippen LogP contribution in [0.15, 0.2) is 45.7 Å². The maximum atomic E-state index is 13.8. The van der Waals surface area contributed by atoms with Gasteiger partial charge in [-0.2, -0.15) is 0 Å². The standard InChI is InChI=1S/C18H19FN4O3.C14H12BrFN4O/c19-9-5-6-11(14(7-9)26-10-3-1-2-4-10)12-8-13-15(16(24)21-12)17(25)23-18(20)22-13;1-6-12-11(20-14(17)18-6)5-10(19-13(12)21)8-3-2-7(16)4-9(8)15/h5-7,10,12H,1-4,8H2,(H,21,24)(H3,20,22,23,25);2-4,10H,5H2,1H3,(H,19,21)(H2,17,18,20)/t12-;10-/m11/s1. The predicted octanol–water partition coefficient (Wildman–Crippen LogP) is 4.14. The molecule has 0 bridgehead atoms. The molecule has 3 aliphatic rings. The number of aryl methyl sites for hydroxylation is 1. The van der Waals surface area contributed by atoms with Crippen LogP contribution in [0, 0.1) is 18.6 Å². The summed E-state index contributed by atoms with van der Waals surface area (Å²) in [6, 6.07) is 7.90. The first-order chi connectivity index (χ1) is 22.5. The van der Waals surface area contributed by atoms with E-state index in [1.165, 1.54) is 24.3 Å². The Balaban J connectivity index is 0.000000168. The SMILES string of the molecule is Cc1nc(N)nc2c1C(=O)N[C@@H](c1ccc(F)cc1Br)C2.Nc1nc2c(c(=O)[nH]1)C(=O)N[C@@H](c1ccc(F)cc1OC1CCCC1)C2. The van der Waals surface area contributed by atoms with Gasteiger partial charge in [0.1, 0.15) is 22.9 Å². The summed E-state index contributed by atoms with van der Waals surface area (Å²) >= 11 is 3.32. The van der Waals surface area contributed by atoms with Gasteiger partial charge >= 0.3 is 0 Å². The van der Waals surface area contributed by atoms with Crippen molar-refractivity contribution in [2.24, 2.45) is 0 Å². The molecule has 12 nitrogen and oxygen atoms in total. The summed E-state index contributed by atoms with van der Waals surface area (Å²) in [4.78, 5) is 51.2. The third-order valence-electron chi connectivity index (χ3n) is 8.34. The number of aromatic amines is 1. The molecule has 7 rings (SSSR count). The van der Waals surface area contributed by atoms with Gasteiger partial charge in [0.15, 0.2) is 0 Å². The Labute approximate surface area is 275 Å². The maximum absolute atomic E-state index is 13.8. The van der Waals surface area contributed by atoms with Gasteiger partial charge in [-0.1, -0.05) is 28.1 Å². The minimum absolute atomic E-state index is 0.0316. The normalized spacial score (nSPS) is 18.7. The number of hydrogen-bond donors (Lipinski definition) is 5. The Morgan fingerprint density at radius 1 is 0.830 bits per heavy atom. The molecule has 0 saturated heterocycles. The van der Waals surface area contributed by atoms with Gasteiger partial charge in [0.05, 0.1) is 40.8 Å². The topological polar surface area (TPSA) is 191 Å². The van der Waals surface area contributed by atoms with Gasteiger partial charge in [0, 0.05) is 28.9 Å². The number of H-pyrrole nitrogens is 1. The van der Waals surface area contributed by atoms with E-state index in [2.05, 4.69) is 46.5 Å². The number of rotatable bonds is 4. The van der Waals surface area contributed by atoms with Gasteiger partial charge < -0.3 is 26.8 Å². The fourth-order valence-electron chi connectivity index (χ4n) is 6.21. The van der Waals surface area contributed by atoms with Crippen molar-refractivity contribution in [3.8, 4) is 5.75 Å². The second-order valence-electron chi connectivity index (χ2n) is 11.6. The van der Waals surface area contributed by atoms with Crippen molar-refractivity contribution >= 4 is 39.6 Å². The van der Waals surface area contributed by atoms with Crippen LogP contribution < -0.4 is 32.4 Å². The lowest BCUT2D eigenvalue weighted by Crippen LogP contribution is -2.41. The van der Waals surface area contributed by atoms with Crippen molar-refractivity contribution in [1.82, 2.24) is 30.6 Å². The minimum Gasteiger partial charge on any atom is -0.490 e. The Kier molecular flexibility index (Phi) is 8.90. The first-order valence-corrected chi connectivity index (χ1v) is 15.8. The predicted molar refractivity (Wildman–Crippen MR) is 172 cm³/mol. The molecule has 2 aromatic carbocycles. The molecule has 7 N–H and O–H groups in total. The molecule has 15 heteroatoms. The highest BCUT2D eigenvalue weighted by atomic mass is 79.9. The van der Waals surface area contributed by atoms with Crippen LogP contribution in [0.3, 0.4) is 0 Å². The van der Waals surface area contributed by atoms with E-state index in [0.29, 0.717) is 44.9 Å². The number of nitrogens with one attached hydrogen (secondary N) is 3. The monoisotopic (exact) mass is 708 g/mol. The molecule has 1 fully saturated rings. The number of nitrogen functional groups attached to an aromatic ring is 2. The van der Waals surface area contributed by atoms with Crippen molar-refractivity contribution in [2.75, 3.05) is 11.5 Å². The average Bonchev–Trinajstić information content (AvgIpc) is 3.49. The Morgan fingerprint density at radius 2 is 1.43 bits per heavy atom. The average molecular weight is 710 g/mol. The Morgan fingerprint density at radius 3 is 2.11 bits per heavy atom. The van der Waals surface area contributed by atoms with Gasteiger partial charge in [-0.05, 0) is 56.4 Å². The molecule has 4 heterocycles. The van der Waals surface area contributed by atoms with Gasteiger partial charge in [-0.15, -0.1) is 0 Å². The number of aromatic nitrogens is 4. The summed E-state index contributed by atoms with van der Waals surface area (Å²) in [7, 11) is 0. The van der Waals surface area contributed by atoms with Gasteiger partial charge in [-0.3, -0.25) is 19.4 Å². The molecule has 0 unspecified atom stereocenters. The molecule has 2 atom stereocenters. The molecular weight excluding hydrogens is 678 g/mol. The molecule has 2 amide bonds. The highest BCUT2D eigenvalue weighted by Gasteiger charge is 2.32. The first kappa shape index (κ1) is 32.0. The lowest BCUT2D eigenvalue weighted by atomic mass is 9.94. The summed E-state index contributed by atoms with van der Waals surface area (Å²) in [5.74, 6) is -0.972. The molecular formula is C32H31BrF2N8O4. The second kappa shape index (κ2) is 13.1. The van der Waals surface area contributed by atoms with Crippen LogP contribution in [-0.4, -0.2) is 37.9 Å². The third kappa shape index (κ3) is 6.80. The van der Waals surface area contributed by atoms with Crippen molar-refractivity contribution < 1.29 is 23.1 Å². The summed E-state index contributed by atoms with van der Waals surface area (Å²) in [5, 5.41) is 5.69. The van der Waals surface area contributed by atoms with E-state index >= 15 is 0 Å². The summed E-state index contributed by atoms with van der Waals surface area (Å²) in [6.07, 6.45) is 4.87. The summed E-state index contributed by atoms with van der Waals surface area (Å²) in [6.45, 7) is 1.73. The fraction of sp³-hybridized carbons (Fsp3) is 0.312. The van der Waals surface area contributed by atoms with Crippen molar-refractivity contribution in [1.29, 1.82) is 0 Å². The number of nitrogens with two attached hydrogens (primary N) is 2. The first-order valence-electron chi connectivity index (χ1n) is 15.0. The molecule has 47 heavy (non-hydrogen) atoms. The zero-order valence-corrected chi connectivity index (χ0v) is 26.8. The van der Waals surface area contributed by atoms with Gasteiger partial charge in [0.2, 0.25) is 11.9 Å². The van der Waals surface area contributed by atoms with E-state index in [1.807, 2.05) is 0 Å². The Hall–Kier alpha value is -4.92. The molecule has 1 aliphatic carbocycles. The highest BCUT2D eigenvalue weighted by Crippen LogP contribution is 2.34. The van der Waals surface area contributed by atoms with Crippen LogP contribution >= 0.6 is 15.9 Å². The molecule has 2 aliphatic heterocycles. The van der Waals surface area contributed by atoms with E-state index in [9.17, 15) is 23.2 Å². The van der Waals surface area contributed by atoms with Crippen LogP contribution in [0.4, 0.5) is 20.7 Å². The van der Waals surface area contributed by atoms with Gasteiger partial charge in [0.25, 0.3) is 17.4 Å². The lowest BCUT2D eigenvalue weighted by molar-refractivity contribution is 0.0912. The highest BCUT2D eigenvalue weighted by molar-refractivity contribution is 9.10. The Bertz CT molecular complexity index is 1950.